The fourth-order valence-corrected chi connectivity index (χ4v) is 3.63. The summed E-state index contributed by atoms with van der Waals surface area (Å²) >= 11 is 6.24. The lowest BCUT2D eigenvalue weighted by Gasteiger charge is -2.18. The molecule has 134 valence electrons. The Balaban J connectivity index is 2.35. The molecule has 0 aliphatic rings. The SMILES string of the molecule is CCc1c(C)c2c3c(Cl)cc(=O)[nH]c3ccc2n1C[C@@H](O)C(F)(F)F. The number of aliphatic hydroxyl groups is 1. The maximum Gasteiger partial charge on any atom is 0.416 e. The van der Waals surface area contributed by atoms with Crippen LogP contribution in [-0.4, -0.2) is 26.9 Å². The molecule has 0 saturated heterocycles. The first-order valence-corrected chi connectivity index (χ1v) is 8.11. The highest BCUT2D eigenvalue weighted by Gasteiger charge is 2.39. The molecule has 2 heterocycles. The van der Waals surface area contributed by atoms with Crippen molar-refractivity contribution in [3.63, 3.8) is 0 Å². The first-order valence-electron chi connectivity index (χ1n) is 7.73. The molecule has 1 atom stereocenters. The third kappa shape index (κ3) is 2.91. The summed E-state index contributed by atoms with van der Waals surface area (Å²) in [4.78, 5) is 14.3. The van der Waals surface area contributed by atoms with Gasteiger partial charge in [-0.3, -0.25) is 4.79 Å². The Labute approximate surface area is 145 Å². The molecule has 0 aliphatic heterocycles. The van der Waals surface area contributed by atoms with Crippen LogP contribution in [0.2, 0.25) is 5.02 Å². The second-order valence-corrected chi connectivity index (χ2v) is 6.36. The molecule has 0 unspecified atom stereocenters. The molecule has 0 spiro atoms. The highest BCUT2D eigenvalue weighted by molar-refractivity contribution is 6.37. The minimum atomic E-state index is -4.70. The van der Waals surface area contributed by atoms with Crippen molar-refractivity contribution in [2.75, 3.05) is 0 Å². The normalized spacial score (nSPS) is 13.7. The van der Waals surface area contributed by atoms with Gasteiger partial charge < -0.3 is 14.7 Å². The van der Waals surface area contributed by atoms with E-state index in [-0.39, 0.29) is 10.6 Å². The number of aliphatic hydroxyl groups excluding tert-OH is 1. The van der Waals surface area contributed by atoms with Gasteiger partial charge in [0.25, 0.3) is 0 Å². The molecule has 4 nitrogen and oxygen atoms in total. The highest BCUT2D eigenvalue weighted by Crippen LogP contribution is 2.36. The van der Waals surface area contributed by atoms with Crippen molar-refractivity contribution in [2.45, 2.75) is 39.1 Å². The van der Waals surface area contributed by atoms with Crippen LogP contribution >= 0.6 is 11.6 Å². The Hall–Kier alpha value is -1.99. The smallest absolute Gasteiger partial charge is 0.382 e. The number of benzene rings is 1. The fraction of sp³-hybridized carbons (Fsp3) is 0.353. The summed E-state index contributed by atoms with van der Waals surface area (Å²) in [6, 6.07) is 4.50. The molecule has 1 aromatic carbocycles. The van der Waals surface area contributed by atoms with Gasteiger partial charge in [-0.1, -0.05) is 18.5 Å². The van der Waals surface area contributed by atoms with Crippen LogP contribution in [0.15, 0.2) is 23.0 Å². The predicted octanol–water partition coefficient (Wildman–Crippen LogP) is 3.93. The lowest BCUT2D eigenvalue weighted by atomic mass is 10.1. The minimum absolute atomic E-state index is 0.239. The lowest BCUT2D eigenvalue weighted by Crippen LogP contribution is -2.33. The molecule has 25 heavy (non-hydrogen) atoms. The van der Waals surface area contributed by atoms with E-state index >= 15 is 0 Å². The number of hydrogen-bond acceptors (Lipinski definition) is 2. The van der Waals surface area contributed by atoms with Gasteiger partial charge in [-0.05, 0) is 31.0 Å². The highest BCUT2D eigenvalue weighted by atomic mass is 35.5. The van der Waals surface area contributed by atoms with Crippen LogP contribution in [0.4, 0.5) is 13.2 Å². The Morgan fingerprint density at radius 1 is 1.32 bits per heavy atom. The summed E-state index contributed by atoms with van der Waals surface area (Å²) in [5, 5.41) is 11.0. The zero-order valence-corrected chi connectivity index (χ0v) is 14.3. The Morgan fingerprint density at radius 2 is 2.00 bits per heavy atom. The molecule has 3 aromatic rings. The van der Waals surface area contributed by atoms with Crippen LogP contribution in [0.25, 0.3) is 21.8 Å². The minimum Gasteiger partial charge on any atom is -0.382 e. The van der Waals surface area contributed by atoms with Crippen LogP contribution < -0.4 is 5.56 Å². The van der Waals surface area contributed by atoms with Gasteiger partial charge in [-0.25, -0.2) is 0 Å². The molecule has 2 aromatic heterocycles. The van der Waals surface area contributed by atoms with Crippen molar-refractivity contribution in [3.8, 4) is 0 Å². The summed E-state index contributed by atoms with van der Waals surface area (Å²) in [6.07, 6.45) is -6.67. The average molecular weight is 373 g/mol. The van der Waals surface area contributed by atoms with Gasteiger partial charge in [-0.2, -0.15) is 13.2 Å². The molecular formula is C17H16ClF3N2O2. The maximum absolute atomic E-state index is 12.8. The number of hydrogen-bond donors (Lipinski definition) is 2. The Morgan fingerprint density at radius 3 is 2.60 bits per heavy atom. The second-order valence-electron chi connectivity index (χ2n) is 5.96. The third-order valence-electron chi connectivity index (χ3n) is 4.43. The lowest BCUT2D eigenvalue weighted by molar-refractivity contribution is -0.207. The number of nitrogens with one attached hydrogen (secondary N) is 1. The van der Waals surface area contributed by atoms with Gasteiger partial charge in [0.15, 0.2) is 6.10 Å². The van der Waals surface area contributed by atoms with Crippen molar-refractivity contribution < 1.29 is 18.3 Å². The van der Waals surface area contributed by atoms with Gasteiger partial charge in [0.05, 0.1) is 17.1 Å². The standard InChI is InChI=1S/C17H16ClF3N2O2/c1-3-11-8(2)15-12(23(11)7-13(24)17(19,20)21)5-4-10-16(15)9(18)6-14(25)22-10/h4-6,13,24H,3,7H2,1-2H3,(H,22,25)/t13-/m1/s1. The number of aromatic nitrogens is 2. The van der Waals surface area contributed by atoms with Gasteiger partial charge in [0, 0.05) is 28.0 Å². The number of nitrogens with zero attached hydrogens (tertiary/aromatic N) is 1. The van der Waals surface area contributed by atoms with E-state index in [2.05, 4.69) is 4.98 Å². The quantitative estimate of drug-likeness (QED) is 0.732. The Bertz CT molecular complexity index is 1020. The van der Waals surface area contributed by atoms with Gasteiger partial charge in [0.1, 0.15) is 0 Å². The average Bonchev–Trinajstić information content (AvgIpc) is 2.77. The monoisotopic (exact) mass is 372 g/mol. The summed E-state index contributed by atoms with van der Waals surface area (Å²) in [5.41, 5.74) is 2.18. The topological polar surface area (TPSA) is 58.0 Å². The molecule has 0 amide bonds. The molecule has 0 fully saturated rings. The van der Waals surface area contributed by atoms with E-state index in [0.29, 0.717) is 33.9 Å². The van der Waals surface area contributed by atoms with Crippen molar-refractivity contribution in [2.24, 2.45) is 0 Å². The summed E-state index contributed by atoms with van der Waals surface area (Å²) in [7, 11) is 0. The number of pyridine rings is 1. The van der Waals surface area contributed by atoms with Crippen LogP contribution in [-0.2, 0) is 13.0 Å². The Kier molecular flexibility index (Phi) is 4.33. The fourth-order valence-electron chi connectivity index (χ4n) is 3.34. The van der Waals surface area contributed by atoms with Crippen LogP contribution in [0.1, 0.15) is 18.2 Å². The van der Waals surface area contributed by atoms with Gasteiger partial charge in [0.2, 0.25) is 5.56 Å². The number of alkyl halides is 3. The summed E-state index contributed by atoms with van der Waals surface area (Å²) < 4.78 is 39.9. The number of H-pyrrole nitrogens is 1. The van der Waals surface area contributed by atoms with E-state index in [1.807, 2.05) is 6.92 Å². The van der Waals surface area contributed by atoms with Gasteiger partial charge >= 0.3 is 6.18 Å². The first-order chi connectivity index (χ1) is 11.6. The largest absolute Gasteiger partial charge is 0.416 e. The van der Waals surface area contributed by atoms with Crippen LogP contribution in [0.5, 0.6) is 0 Å². The predicted molar refractivity (Wildman–Crippen MR) is 91.3 cm³/mol. The zero-order valence-electron chi connectivity index (χ0n) is 13.5. The van der Waals surface area contributed by atoms with Crippen molar-refractivity contribution in [1.29, 1.82) is 0 Å². The molecule has 2 N–H and O–H groups in total. The molecule has 8 heteroatoms. The number of fused-ring (bicyclic) bond motifs is 3. The molecule has 3 rings (SSSR count). The van der Waals surface area contributed by atoms with E-state index in [4.69, 9.17) is 11.6 Å². The van der Waals surface area contributed by atoms with E-state index in [0.717, 1.165) is 5.56 Å². The molecule has 0 aliphatic carbocycles. The number of aromatic amines is 1. The third-order valence-corrected chi connectivity index (χ3v) is 4.73. The molecule has 0 bridgehead atoms. The summed E-state index contributed by atoms with van der Waals surface area (Å²) in [5.74, 6) is 0. The van der Waals surface area contributed by atoms with Crippen molar-refractivity contribution >= 4 is 33.4 Å². The van der Waals surface area contributed by atoms with Crippen LogP contribution in [0, 0.1) is 6.92 Å². The van der Waals surface area contributed by atoms with Crippen molar-refractivity contribution in [1.82, 2.24) is 9.55 Å². The number of rotatable bonds is 3. The second kappa shape index (κ2) is 6.07. The molecular weight excluding hydrogens is 357 g/mol. The van der Waals surface area contributed by atoms with E-state index in [1.165, 1.54) is 10.6 Å². The van der Waals surface area contributed by atoms with Gasteiger partial charge in [-0.15, -0.1) is 0 Å². The van der Waals surface area contributed by atoms with E-state index < -0.39 is 18.8 Å². The van der Waals surface area contributed by atoms with Crippen molar-refractivity contribution in [3.05, 3.63) is 44.8 Å². The zero-order chi connectivity index (χ0) is 18.5. The maximum atomic E-state index is 12.8. The summed E-state index contributed by atoms with van der Waals surface area (Å²) in [6.45, 7) is 3.05. The molecule has 0 saturated carbocycles. The first kappa shape index (κ1) is 17.8. The molecule has 0 radical (unpaired) electrons. The number of halogens is 4. The van der Waals surface area contributed by atoms with E-state index in [9.17, 15) is 23.1 Å². The van der Waals surface area contributed by atoms with E-state index in [1.54, 1.807) is 19.1 Å². The van der Waals surface area contributed by atoms with Crippen LogP contribution in [0.3, 0.4) is 0 Å². The number of aryl methyl sites for hydroxylation is 1.